The predicted octanol–water partition coefficient (Wildman–Crippen LogP) is 5.43. The summed E-state index contributed by atoms with van der Waals surface area (Å²) in [5, 5.41) is 3.45. The lowest BCUT2D eigenvalue weighted by molar-refractivity contribution is 0.300. The lowest BCUT2D eigenvalue weighted by Gasteiger charge is -2.39. The van der Waals surface area contributed by atoms with Crippen LogP contribution in [0.5, 0.6) is 0 Å². The summed E-state index contributed by atoms with van der Waals surface area (Å²) in [6.45, 7) is 16.4. The average Bonchev–Trinajstić information content (AvgIpc) is 2.37. The van der Waals surface area contributed by atoms with E-state index in [1.807, 2.05) is 0 Å². The van der Waals surface area contributed by atoms with Crippen molar-refractivity contribution in [3.05, 3.63) is 35.4 Å². The van der Waals surface area contributed by atoms with Gasteiger partial charge in [0, 0.05) is 5.54 Å². The zero-order valence-electron chi connectivity index (χ0n) is 15.4. The maximum atomic E-state index is 3.45. The molecule has 1 rings (SSSR count). The van der Waals surface area contributed by atoms with Crippen molar-refractivity contribution in [3.8, 4) is 0 Å². The van der Waals surface area contributed by atoms with Crippen LogP contribution in [-0.2, 0) is 10.8 Å². The van der Waals surface area contributed by atoms with E-state index in [0.29, 0.717) is 0 Å². The Morgan fingerprint density at radius 1 is 0.857 bits per heavy atom. The third-order valence-corrected chi connectivity index (χ3v) is 4.82. The fourth-order valence-corrected chi connectivity index (χ4v) is 3.71. The smallest absolute Gasteiger partial charge is 0.0130 e. The summed E-state index contributed by atoms with van der Waals surface area (Å²) < 4.78 is 0. The number of benzene rings is 1. The van der Waals surface area contributed by atoms with Crippen molar-refractivity contribution in [2.75, 3.05) is 7.05 Å². The van der Waals surface area contributed by atoms with Crippen LogP contribution in [0.2, 0.25) is 0 Å². The van der Waals surface area contributed by atoms with Gasteiger partial charge in [0.15, 0.2) is 0 Å². The van der Waals surface area contributed by atoms with E-state index in [1.54, 1.807) is 0 Å². The molecule has 0 radical (unpaired) electrons. The van der Waals surface area contributed by atoms with Crippen molar-refractivity contribution < 1.29 is 0 Å². The summed E-state index contributed by atoms with van der Waals surface area (Å²) in [7, 11) is 2.06. The van der Waals surface area contributed by atoms with E-state index in [0.717, 1.165) is 6.42 Å². The molecule has 0 aromatic heterocycles. The van der Waals surface area contributed by atoms with Crippen molar-refractivity contribution in [1.29, 1.82) is 0 Å². The van der Waals surface area contributed by atoms with Crippen LogP contribution in [0.4, 0.5) is 0 Å². The Balaban J connectivity index is 3.24. The Morgan fingerprint density at radius 2 is 1.33 bits per heavy atom. The van der Waals surface area contributed by atoms with Gasteiger partial charge in [0.2, 0.25) is 0 Å². The average molecular weight is 290 g/mol. The van der Waals surface area contributed by atoms with Crippen LogP contribution in [0.3, 0.4) is 0 Å². The Morgan fingerprint density at radius 3 is 1.76 bits per heavy atom. The third-order valence-electron chi connectivity index (χ3n) is 4.82. The van der Waals surface area contributed by atoms with Gasteiger partial charge >= 0.3 is 0 Å². The largest absolute Gasteiger partial charge is 0.315 e. The van der Waals surface area contributed by atoms with Crippen LogP contribution in [-0.4, -0.2) is 12.6 Å². The molecule has 0 atom stereocenters. The normalized spacial score (nSPS) is 13.5. The molecule has 0 bridgehead atoms. The van der Waals surface area contributed by atoms with E-state index in [1.165, 1.54) is 24.0 Å². The van der Waals surface area contributed by atoms with Crippen LogP contribution in [0.15, 0.2) is 24.3 Å². The molecule has 0 heterocycles. The first-order valence-electron chi connectivity index (χ1n) is 8.35. The fraction of sp³-hybridized carbons (Fsp3) is 0.700. The van der Waals surface area contributed by atoms with E-state index in [4.69, 9.17) is 0 Å². The molecule has 0 unspecified atom stereocenters. The minimum Gasteiger partial charge on any atom is -0.315 e. The Kier molecular flexibility index (Phi) is 5.66. The SMILES string of the molecule is CCCC(C)(C)c1ccccc1C(C)(C)CC(C)(C)NC. The second-order valence-electron chi connectivity index (χ2n) is 8.37. The monoisotopic (exact) mass is 289 g/mol. The summed E-state index contributed by atoms with van der Waals surface area (Å²) in [4.78, 5) is 0. The first kappa shape index (κ1) is 18.2. The first-order valence-corrected chi connectivity index (χ1v) is 8.35. The molecule has 0 amide bonds. The molecular formula is C20H35N. The van der Waals surface area contributed by atoms with Gasteiger partial charge in [0.25, 0.3) is 0 Å². The summed E-state index contributed by atoms with van der Waals surface area (Å²) >= 11 is 0. The van der Waals surface area contributed by atoms with Crippen molar-refractivity contribution >= 4 is 0 Å². The van der Waals surface area contributed by atoms with Gasteiger partial charge in [0.05, 0.1) is 0 Å². The third kappa shape index (κ3) is 4.57. The minimum absolute atomic E-state index is 0.144. The van der Waals surface area contributed by atoms with E-state index >= 15 is 0 Å². The lowest BCUT2D eigenvalue weighted by Crippen LogP contribution is -2.42. The molecule has 1 aromatic carbocycles. The topological polar surface area (TPSA) is 12.0 Å². The molecule has 0 aliphatic heterocycles. The molecule has 120 valence electrons. The molecule has 0 aliphatic rings. The Hall–Kier alpha value is -0.820. The quantitative estimate of drug-likeness (QED) is 0.705. The molecule has 1 aromatic rings. The fourth-order valence-electron chi connectivity index (χ4n) is 3.71. The van der Waals surface area contributed by atoms with Crippen molar-refractivity contribution in [2.45, 2.75) is 84.1 Å². The molecule has 0 saturated carbocycles. The highest BCUT2D eigenvalue weighted by Crippen LogP contribution is 2.40. The zero-order chi connectivity index (χ0) is 16.3. The van der Waals surface area contributed by atoms with Gasteiger partial charge in [-0.15, -0.1) is 0 Å². The van der Waals surface area contributed by atoms with Crippen LogP contribution in [0.1, 0.15) is 78.9 Å². The van der Waals surface area contributed by atoms with Crippen molar-refractivity contribution in [2.24, 2.45) is 0 Å². The summed E-state index contributed by atoms with van der Waals surface area (Å²) in [5.74, 6) is 0. The van der Waals surface area contributed by atoms with Gasteiger partial charge in [0.1, 0.15) is 0 Å². The second kappa shape index (κ2) is 6.52. The second-order valence-corrected chi connectivity index (χ2v) is 8.37. The molecule has 0 aliphatic carbocycles. The Bertz CT molecular complexity index is 455. The van der Waals surface area contributed by atoms with Gasteiger partial charge in [-0.1, -0.05) is 65.3 Å². The van der Waals surface area contributed by atoms with Crippen LogP contribution < -0.4 is 5.32 Å². The standard InChI is InChI=1S/C20H35N/c1-9-14-18(2,3)16-12-10-11-13-17(16)19(4,5)15-20(6,7)21-8/h10-13,21H,9,14-15H2,1-8H3. The predicted molar refractivity (Wildman–Crippen MR) is 95.2 cm³/mol. The highest BCUT2D eigenvalue weighted by Gasteiger charge is 2.33. The molecule has 0 fully saturated rings. The van der Waals surface area contributed by atoms with E-state index in [2.05, 4.69) is 85.1 Å². The number of hydrogen-bond acceptors (Lipinski definition) is 1. The van der Waals surface area contributed by atoms with Gasteiger partial charge in [-0.25, -0.2) is 0 Å². The highest BCUT2D eigenvalue weighted by atomic mass is 14.9. The Labute approximate surface area is 132 Å². The number of nitrogens with one attached hydrogen (secondary N) is 1. The van der Waals surface area contributed by atoms with Gasteiger partial charge in [-0.3, -0.25) is 0 Å². The van der Waals surface area contributed by atoms with Crippen molar-refractivity contribution in [3.63, 3.8) is 0 Å². The van der Waals surface area contributed by atoms with Crippen LogP contribution in [0, 0.1) is 0 Å². The maximum Gasteiger partial charge on any atom is 0.0130 e. The zero-order valence-corrected chi connectivity index (χ0v) is 15.4. The summed E-state index contributed by atoms with van der Waals surface area (Å²) in [6, 6.07) is 9.04. The van der Waals surface area contributed by atoms with Gasteiger partial charge in [-0.2, -0.15) is 0 Å². The van der Waals surface area contributed by atoms with Crippen molar-refractivity contribution in [1.82, 2.24) is 5.32 Å². The molecular weight excluding hydrogens is 254 g/mol. The van der Waals surface area contributed by atoms with E-state index in [-0.39, 0.29) is 16.4 Å². The minimum atomic E-state index is 0.144. The first-order chi connectivity index (χ1) is 9.56. The van der Waals surface area contributed by atoms with E-state index in [9.17, 15) is 0 Å². The van der Waals surface area contributed by atoms with E-state index < -0.39 is 0 Å². The number of hydrogen-bond donors (Lipinski definition) is 1. The molecule has 21 heavy (non-hydrogen) atoms. The molecule has 1 heteroatoms. The van der Waals surface area contributed by atoms with Crippen LogP contribution >= 0.6 is 0 Å². The molecule has 0 spiro atoms. The number of rotatable bonds is 7. The summed E-state index contributed by atoms with van der Waals surface area (Å²) in [6.07, 6.45) is 3.58. The van der Waals surface area contributed by atoms with Gasteiger partial charge < -0.3 is 5.32 Å². The summed E-state index contributed by atoms with van der Waals surface area (Å²) in [5.41, 5.74) is 3.57. The lowest BCUT2D eigenvalue weighted by atomic mass is 9.68. The maximum absolute atomic E-state index is 3.45. The molecule has 1 nitrogen and oxygen atoms in total. The highest BCUT2D eigenvalue weighted by molar-refractivity contribution is 5.38. The van der Waals surface area contributed by atoms with Crippen LogP contribution in [0.25, 0.3) is 0 Å². The molecule has 1 N–H and O–H groups in total. The van der Waals surface area contributed by atoms with Gasteiger partial charge in [-0.05, 0) is 55.7 Å². The molecule has 0 saturated heterocycles.